The Morgan fingerprint density at radius 1 is 0.491 bits per heavy atom. The zero-order chi connectivity index (χ0) is 40.8. The third kappa shape index (κ3) is 32.1. The number of carbonyl (C=O) groups is 2. The molecule has 0 saturated heterocycles. The number of allylic oxidation sites excluding steroid dienone is 4. The van der Waals surface area contributed by atoms with Crippen LogP contribution >= 0.6 is 0 Å². The van der Waals surface area contributed by atoms with E-state index in [4.69, 9.17) is 9.47 Å². The third-order valence-corrected chi connectivity index (χ3v) is 11.4. The van der Waals surface area contributed by atoms with E-state index in [0.717, 1.165) is 44.6 Å². The predicted molar refractivity (Wildman–Crippen MR) is 232 cm³/mol. The molecule has 7 nitrogen and oxygen atoms in total. The molecular formula is C48H81NaO7S. The third-order valence-electron chi connectivity index (χ3n) is 10.5. The Balaban J connectivity index is 0.0000314. The van der Waals surface area contributed by atoms with Crippen LogP contribution in [0.2, 0.25) is 0 Å². The Morgan fingerprint density at radius 3 is 1.16 bits per heavy atom. The fraction of sp³-hybridized carbons (Fsp3) is 0.750. The van der Waals surface area contributed by atoms with E-state index in [1.807, 2.05) is 0 Å². The van der Waals surface area contributed by atoms with Crippen LogP contribution in [0, 0.1) is 0 Å². The van der Waals surface area contributed by atoms with Crippen molar-refractivity contribution >= 4 is 22.1 Å². The van der Waals surface area contributed by atoms with Gasteiger partial charge in [-0.05, 0) is 76.3 Å². The molecule has 0 heterocycles. The van der Waals surface area contributed by atoms with Crippen molar-refractivity contribution in [1.82, 2.24) is 0 Å². The van der Waals surface area contributed by atoms with Gasteiger partial charge in [-0.1, -0.05) is 185 Å². The number of esters is 2. The smallest absolute Gasteiger partial charge is 0.744 e. The largest absolute Gasteiger partial charge is 1.00 e. The van der Waals surface area contributed by atoms with Gasteiger partial charge in [-0.15, -0.1) is 0 Å². The summed E-state index contributed by atoms with van der Waals surface area (Å²) in [5.41, 5.74) is -0.814. The van der Waals surface area contributed by atoms with Gasteiger partial charge in [0.15, 0.2) is 0 Å². The molecule has 57 heavy (non-hydrogen) atoms. The molecule has 0 bridgehead atoms. The quantitative estimate of drug-likeness (QED) is 0.0214. The van der Waals surface area contributed by atoms with E-state index in [9.17, 15) is 22.6 Å². The Bertz CT molecular complexity index is 1280. The minimum Gasteiger partial charge on any atom is -0.744 e. The summed E-state index contributed by atoms with van der Waals surface area (Å²) in [6.45, 7) is 4.70. The summed E-state index contributed by atoms with van der Waals surface area (Å²) >= 11 is 0. The SMILES string of the molecule is CCCCCCCCCCCCCC/C=C/CCCCOC(=O)c1cccc(S(=O)(=O)[O-])c1C(=O)OCCCC/C=C/CCCCCCCCCCCCCC.[Na+]. The Labute approximate surface area is 372 Å². The number of unbranched alkanes of at least 4 members (excludes halogenated alkanes) is 28. The molecule has 0 spiro atoms. The number of hydrogen-bond donors (Lipinski definition) is 0. The first-order chi connectivity index (χ1) is 27.3. The van der Waals surface area contributed by atoms with Crippen molar-refractivity contribution in [3.63, 3.8) is 0 Å². The molecule has 0 aliphatic heterocycles. The second kappa shape index (κ2) is 40.0. The molecule has 0 unspecified atom stereocenters. The van der Waals surface area contributed by atoms with E-state index in [2.05, 4.69) is 38.2 Å². The molecule has 1 rings (SSSR count). The summed E-state index contributed by atoms with van der Waals surface area (Å²) in [5.74, 6) is -1.85. The molecule has 0 aliphatic rings. The van der Waals surface area contributed by atoms with E-state index in [0.29, 0.717) is 12.8 Å². The van der Waals surface area contributed by atoms with E-state index >= 15 is 0 Å². The predicted octanol–water partition coefficient (Wildman–Crippen LogP) is 11.5. The van der Waals surface area contributed by atoms with Gasteiger partial charge in [0.05, 0.1) is 29.2 Å². The molecule has 0 aromatic heterocycles. The van der Waals surface area contributed by atoms with Gasteiger partial charge in [0.1, 0.15) is 10.1 Å². The number of rotatable bonds is 39. The van der Waals surface area contributed by atoms with Crippen molar-refractivity contribution in [3.8, 4) is 0 Å². The fourth-order valence-electron chi connectivity index (χ4n) is 7.01. The van der Waals surface area contributed by atoms with Crippen molar-refractivity contribution in [2.45, 2.75) is 224 Å². The second-order valence-corrected chi connectivity index (χ2v) is 17.0. The van der Waals surface area contributed by atoms with Gasteiger partial charge in [0.2, 0.25) is 0 Å². The molecule has 0 aliphatic carbocycles. The summed E-state index contributed by atoms with van der Waals surface area (Å²) in [7, 11) is -5.03. The van der Waals surface area contributed by atoms with E-state index in [1.54, 1.807) is 0 Å². The van der Waals surface area contributed by atoms with Crippen LogP contribution < -0.4 is 29.6 Å². The van der Waals surface area contributed by atoms with Crippen LogP contribution in [0.3, 0.4) is 0 Å². The number of benzene rings is 1. The molecule has 0 radical (unpaired) electrons. The summed E-state index contributed by atoms with van der Waals surface area (Å²) in [6, 6.07) is 3.59. The van der Waals surface area contributed by atoms with Crippen molar-refractivity contribution in [2.75, 3.05) is 13.2 Å². The van der Waals surface area contributed by atoms with Gasteiger partial charge < -0.3 is 14.0 Å². The minimum atomic E-state index is -5.03. The van der Waals surface area contributed by atoms with Gasteiger partial charge in [-0.25, -0.2) is 18.0 Å². The van der Waals surface area contributed by atoms with Crippen LogP contribution in [0.1, 0.15) is 240 Å². The van der Waals surface area contributed by atoms with Gasteiger partial charge in [0, 0.05) is 0 Å². The van der Waals surface area contributed by atoms with Gasteiger partial charge in [0.25, 0.3) is 0 Å². The topological polar surface area (TPSA) is 110 Å². The Morgan fingerprint density at radius 2 is 0.807 bits per heavy atom. The molecule has 1 aromatic rings. The number of ether oxygens (including phenoxy) is 2. The summed E-state index contributed by atoms with van der Waals surface area (Å²) < 4.78 is 46.7. The summed E-state index contributed by atoms with van der Waals surface area (Å²) in [4.78, 5) is 25.2. The Hall–Kier alpha value is -1.45. The normalized spacial score (nSPS) is 11.7. The molecule has 0 fully saturated rings. The first kappa shape index (κ1) is 55.5. The maximum absolute atomic E-state index is 13.0. The maximum Gasteiger partial charge on any atom is 1.00 e. The fourth-order valence-corrected chi connectivity index (χ4v) is 7.69. The molecule has 9 heteroatoms. The molecule has 1 aromatic carbocycles. The summed E-state index contributed by atoms with van der Waals surface area (Å²) in [6.07, 6.45) is 47.7. The van der Waals surface area contributed by atoms with Gasteiger partial charge in [-0.2, -0.15) is 0 Å². The van der Waals surface area contributed by atoms with Gasteiger partial charge in [-0.3, -0.25) is 0 Å². The van der Waals surface area contributed by atoms with Gasteiger partial charge >= 0.3 is 41.5 Å². The monoisotopic (exact) mass is 825 g/mol. The molecular weight excluding hydrogens is 744 g/mol. The molecule has 0 N–H and O–H groups in total. The Kier molecular flexibility index (Phi) is 39.0. The molecule has 0 amide bonds. The standard InChI is InChI=1S/C48H82O7S.Na/c1-3-5-7-9-11-13-15-17-19-21-23-25-27-29-31-33-35-37-42-54-47(49)44-40-39-41-45(56(51,52)53)46(44)48(50)55-43-38-36-34-32-30-28-26-24-22-20-18-16-14-12-10-8-6-4-2;/h29-32,39-41H,3-28,33-38,42-43H2,1-2H3,(H,51,52,53);/q;+1/p-1/b31-29+,32-30+;. The molecule has 0 atom stereocenters. The first-order valence-corrected chi connectivity index (χ1v) is 24.5. The zero-order valence-corrected chi connectivity index (χ0v) is 39.7. The number of carbonyl (C=O) groups excluding carboxylic acids is 2. The van der Waals surface area contributed by atoms with Crippen LogP contribution in [-0.2, 0) is 19.6 Å². The second-order valence-electron chi connectivity index (χ2n) is 15.7. The van der Waals surface area contributed by atoms with Crippen LogP contribution in [0.25, 0.3) is 0 Å². The van der Waals surface area contributed by atoms with E-state index < -0.39 is 32.5 Å². The number of hydrogen-bond acceptors (Lipinski definition) is 7. The van der Waals surface area contributed by atoms with Crippen molar-refractivity contribution in [1.29, 1.82) is 0 Å². The average molecular weight is 825 g/mol. The van der Waals surface area contributed by atoms with E-state index in [-0.39, 0.29) is 48.3 Å². The maximum atomic E-state index is 13.0. The van der Waals surface area contributed by atoms with Crippen LogP contribution in [0.5, 0.6) is 0 Å². The molecule has 0 saturated carbocycles. The molecule has 322 valence electrons. The summed E-state index contributed by atoms with van der Waals surface area (Å²) in [5, 5.41) is 0. The van der Waals surface area contributed by atoms with Crippen molar-refractivity contribution in [3.05, 3.63) is 53.6 Å². The van der Waals surface area contributed by atoms with Crippen molar-refractivity contribution < 1.29 is 61.6 Å². The van der Waals surface area contributed by atoms with Crippen LogP contribution in [0.15, 0.2) is 47.4 Å². The zero-order valence-electron chi connectivity index (χ0n) is 36.8. The average Bonchev–Trinajstić information content (AvgIpc) is 3.18. The van der Waals surface area contributed by atoms with E-state index in [1.165, 1.54) is 166 Å². The van der Waals surface area contributed by atoms with Crippen LogP contribution in [0.4, 0.5) is 0 Å². The van der Waals surface area contributed by atoms with Crippen molar-refractivity contribution in [2.24, 2.45) is 0 Å². The van der Waals surface area contributed by atoms with Crippen LogP contribution in [-0.4, -0.2) is 38.1 Å². The first-order valence-electron chi connectivity index (χ1n) is 23.1. The minimum absolute atomic E-state index is 0.